The third-order valence-electron chi connectivity index (χ3n) is 2.90. The summed E-state index contributed by atoms with van der Waals surface area (Å²) in [5.74, 6) is 0.210. The molecule has 0 unspecified atom stereocenters. The normalized spacial score (nSPS) is 10.4. The van der Waals surface area contributed by atoms with Crippen molar-refractivity contribution in [2.24, 2.45) is 0 Å². The first-order valence-corrected chi connectivity index (χ1v) is 7.99. The standard InChI is InChI=1S/C16H17NO4S/c18-15(17-8-9-22-11-16(19)20)10-21-14-7-3-5-12-4-1-2-6-13(12)14/h1-7H,8-11H2,(H,17,18)(H,19,20). The van der Waals surface area contributed by atoms with Crippen LogP contribution in [0.3, 0.4) is 0 Å². The van der Waals surface area contributed by atoms with E-state index in [0.29, 0.717) is 18.0 Å². The molecule has 5 nitrogen and oxygen atoms in total. The maximum Gasteiger partial charge on any atom is 0.313 e. The van der Waals surface area contributed by atoms with Crippen molar-refractivity contribution in [3.05, 3.63) is 42.5 Å². The molecule has 116 valence electrons. The van der Waals surface area contributed by atoms with Gasteiger partial charge in [-0.1, -0.05) is 36.4 Å². The number of thioether (sulfide) groups is 1. The maximum absolute atomic E-state index is 11.7. The summed E-state index contributed by atoms with van der Waals surface area (Å²) in [5.41, 5.74) is 0. The van der Waals surface area contributed by atoms with E-state index >= 15 is 0 Å². The lowest BCUT2D eigenvalue weighted by Gasteiger charge is -2.09. The van der Waals surface area contributed by atoms with Gasteiger partial charge in [-0.15, -0.1) is 11.8 Å². The average Bonchev–Trinajstić information content (AvgIpc) is 2.52. The Morgan fingerprint density at radius 1 is 1.14 bits per heavy atom. The Kier molecular flexibility index (Phi) is 6.09. The van der Waals surface area contributed by atoms with Gasteiger partial charge in [-0.3, -0.25) is 9.59 Å². The van der Waals surface area contributed by atoms with Crippen LogP contribution in [0.5, 0.6) is 5.75 Å². The largest absolute Gasteiger partial charge is 0.483 e. The van der Waals surface area contributed by atoms with Crippen molar-refractivity contribution < 1.29 is 19.4 Å². The maximum atomic E-state index is 11.7. The van der Waals surface area contributed by atoms with Gasteiger partial charge in [-0.25, -0.2) is 0 Å². The predicted molar refractivity (Wildman–Crippen MR) is 87.4 cm³/mol. The molecule has 0 atom stereocenters. The number of ether oxygens (including phenoxy) is 1. The summed E-state index contributed by atoms with van der Waals surface area (Å²) in [4.78, 5) is 22.0. The molecule has 2 aromatic rings. The molecule has 0 radical (unpaired) electrons. The highest BCUT2D eigenvalue weighted by Gasteiger charge is 2.05. The van der Waals surface area contributed by atoms with Gasteiger partial charge in [0.1, 0.15) is 5.75 Å². The minimum absolute atomic E-state index is 0.0440. The van der Waals surface area contributed by atoms with Crippen molar-refractivity contribution >= 4 is 34.4 Å². The molecule has 6 heteroatoms. The van der Waals surface area contributed by atoms with E-state index in [-0.39, 0.29) is 18.3 Å². The fourth-order valence-electron chi connectivity index (χ4n) is 1.94. The van der Waals surface area contributed by atoms with Gasteiger partial charge in [0.15, 0.2) is 6.61 Å². The Morgan fingerprint density at radius 3 is 2.73 bits per heavy atom. The first kappa shape index (κ1) is 16.2. The summed E-state index contributed by atoms with van der Waals surface area (Å²) >= 11 is 1.26. The lowest BCUT2D eigenvalue weighted by atomic mass is 10.1. The van der Waals surface area contributed by atoms with E-state index < -0.39 is 5.97 Å². The molecule has 1 amide bonds. The Labute approximate surface area is 132 Å². The highest BCUT2D eigenvalue weighted by molar-refractivity contribution is 7.99. The number of carboxylic acid groups (broad SMARTS) is 1. The molecule has 2 N–H and O–H groups in total. The Balaban J connectivity index is 1.77. The molecule has 2 rings (SSSR count). The van der Waals surface area contributed by atoms with Crippen molar-refractivity contribution in [3.8, 4) is 5.75 Å². The number of carbonyl (C=O) groups excluding carboxylic acids is 1. The summed E-state index contributed by atoms with van der Waals surface area (Å²) < 4.78 is 5.56. The molecular weight excluding hydrogens is 302 g/mol. The zero-order valence-electron chi connectivity index (χ0n) is 12.0. The fraction of sp³-hybridized carbons (Fsp3) is 0.250. The van der Waals surface area contributed by atoms with Crippen LogP contribution in [0.25, 0.3) is 10.8 Å². The van der Waals surface area contributed by atoms with Crippen LogP contribution in [0.2, 0.25) is 0 Å². The van der Waals surface area contributed by atoms with E-state index in [9.17, 15) is 9.59 Å². The van der Waals surface area contributed by atoms with Crippen molar-refractivity contribution in [2.45, 2.75) is 0 Å². The molecule has 22 heavy (non-hydrogen) atoms. The van der Waals surface area contributed by atoms with Gasteiger partial charge < -0.3 is 15.2 Å². The van der Waals surface area contributed by atoms with Gasteiger partial charge in [0, 0.05) is 17.7 Å². The number of hydrogen-bond acceptors (Lipinski definition) is 4. The van der Waals surface area contributed by atoms with Crippen LogP contribution in [0.15, 0.2) is 42.5 Å². The van der Waals surface area contributed by atoms with Crippen LogP contribution in [-0.4, -0.2) is 41.6 Å². The quantitative estimate of drug-likeness (QED) is 0.729. The van der Waals surface area contributed by atoms with Crippen LogP contribution in [0.1, 0.15) is 0 Å². The fourth-order valence-corrected chi connectivity index (χ4v) is 2.50. The molecule has 0 heterocycles. The molecule has 0 aliphatic rings. The lowest BCUT2D eigenvalue weighted by Crippen LogP contribution is -2.30. The summed E-state index contributed by atoms with van der Waals surface area (Å²) in [7, 11) is 0. The number of rotatable bonds is 8. The second-order valence-corrected chi connectivity index (χ2v) is 5.67. The van der Waals surface area contributed by atoms with Crippen LogP contribution in [0.4, 0.5) is 0 Å². The van der Waals surface area contributed by atoms with Gasteiger partial charge in [0.25, 0.3) is 5.91 Å². The summed E-state index contributed by atoms with van der Waals surface area (Å²) in [6, 6.07) is 13.5. The van der Waals surface area contributed by atoms with Crippen LogP contribution in [-0.2, 0) is 9.59 Å². The highest BCUT2D eigenvalue weighted by Crippen LogP contribution is 2.24. The summed E-state index contributed by atoms with van der Waals surface area (Å²) in [6.45, 7) is 0.368. The van der Waals surface area contributed by atoms with Crippen molar-refractivity contribution in [1.82, 2.24) is 5.32 Å². The van der Waals surface area contributed by atoms with E-state index in [4.69, 9.17) is 9.84 Å². The van der Waals surface area contributed by atoms with E-state index in [1.54, 1.807) is 0 Å². The lowest BCUT2D eigenvalue weighted by molar-refractivity contribution is -0.133. The SMILES string of the molecule is O=C(O)CSCCNC(=O)COc1cccc2ccccc12. The van der Waals surface area contributed by atoms with Gasteiger partial charge in [-0.05, 0) is 11.5 Å². The van der Waals surface area contributed by atoms with E-state index in [1.165, 1.54) is 11.8 Å². The molecule has 0 fully saturated rings. The molecule has 2 aromatic carbocycles. The average molecular weight is 319 g/mol. The molecular formula is C16H17NO4S. The zero-order valence-corrected chi connectivity index (χ0v) is 12.8. The first-order chi connectivity index (χ1) is 10.7. The number of fused-ring (bicyclic) bond motifs is 1. The smallest absolute Gasteiger partial charge is 0.313 e. The van der Waals surface area contributed by atoms with Crippen molar-refractivity contribution in [1.29, 1.82) is 0 Å². The molecule has 0 aromatic heterocycles. The van der Waals surface area contributed by atoms with Crippen LogP contribution < -0.4 is 10.1 Å². The second-order valence-electron chi connectivity index (χ2n) is 4.56. The molecule has 0 saturated carbocycles. The highest BCUT2D eigenvalue weighted by atomic mass is 32.2. The van der Waals surface area contributed by atoms with Gasteiger partial charge in [0.05, 0.1) is 5.75 Å². The number of carboxylic acids is 1. The third kappa shape index (κ3) is 4.96. The van der Waals surface area contributed by atoms with Gasteiger partial charge >= 0.3 is 5.97 Å². The van der Waals surface area contributed by atoms with E-state index in [2.05, 4.69) is 5.32 Å². The molecule has 0 saturated heterocycles. The third-order valence-corrected chi connectivity index (χ3v) is 3.85. The summed E-state index contributed by atoms with van der Waals surface area (Å²) in [6.07, 6.45) is 0. The number of carbonyl (C=O) groups is 2. The van der Waals surface area contributed by atoms with Crippen molar-refractivity contribution in [3.63, 3.8) is 0 Å². The Morgan fingerprint density at radius 2 is 1.91 bits per heavy atom. The topological polar surface area (TPSA) is 75.6 Å². The molecule has 0 aliphatic heterocycles. The molecule has 0 spiro atoms. The van der Waals surface area contributed by atoms with Crippen molar-refractivity contribution in [2.75, 3.05) is 24.7 Å². The predicted octanol–water partition coefficient (Wildman–Crippen LogP) is 2.15. The number of aliphatic carboxylic acids is 1. The minimum Gasteiger partial charge on any atom is -0.483 e. The number of nitrogens with one attached hydrogen (secondary N) is 1. The Bertz CT molecular complexity index is 654. The minimum atomic E-state index is -0.851. The second kappa shape index (κ2) is 8.29. The molecule has 0 aliphatic carbocycles. The number of amides is 1. The van der Waals surface area contributed by atoms with E-state index in [0.717, 1.165) is 10.8 Å². The number of hydrogen-bond donors (Lipinski definition) is 2. The van der Waals surface area contributed by atoms with Gasteiger partial charge in [0.2, 0.25) is 0 Å². The van der Waals surface area contributed by atoms with E-state index in [1.807, 2.05) is 42.5 Å². The Hall–Kier alpha value is -2.21. The monoisotopic (exact) mass is 319 g/mol. The summed E-state index contributed by atoms with van der Waals surface area (Å²) in [5, 5.41) is 13.2. The molecule has 0 bridgehead atoms. The van der Waals surface area contributed by atoms with Gasteiger partial charge in [-0.2, -0.15) is 0 Å². The number of benzene rings is 2. The first-order valence-electron chi connectivity index (χ1n) is 6.83. The zero-order chi connectivity index (χ0) is 15.8. The van der Waals surface area contributed by atoms with Crippen LogP contribution in [0, 0.1) is 0 Å². The van der Waals surface area contributed by atoms with Crippen LogP contribution >= 0.6 is 11.8 Å².